The summed E-state index contributed by atoms with van der Waals surface area (Å²) in [7, 11) is 1.63. The third kappa shape index (κ3) is 5.25. The van der Waals surface area contributed by atoms with Crippen LogP contribution < -0.4 is 14.4 Å². The Morgan fingerprint density at radius 3 is 2.00 bits per heavy atom. The quantitative estimate of drug-likeness (QED) is 0.509. The van der Waals surface area contributed by atoms with Gasteiger partial charge in [0, 0.05) is 23.5 Å². The number of nitrogens with zero attached hydrogens (tertiary/aromatic N) is 2. The average molecular weight is 417 g/mol. The molecule has 5 nitrogen and oxygen atoms in total. The molecular weight excluding hydrogens is 388 g/mol. The molecule has 0 atom stereocenters. The fourth-order valence-corrected chi connectivity index (χ4v) is 3.81. The first-order valence-electron chi connectivity index (χ1n) is 10.7. The number of hydrogen-bond donors (Lipinski definition) is 0. The monoisotopic (exact) mass is 416 g/mol. The van der Waals surface area contributed by atoms with E-state index in [0.717, 1.165) is 29.4 Å². The lowest BCUT2D eigenvalue weighted by molar-refractivity contribution is 0.0999. The molecule has 4 rings (SSSR count). The largest absolute Gasteiger partial charge is 0.497 e. The van der Waals surface area contributed by atoms with E-state index < -0.39 is 0 Å². The van der Waals surface area contributed by atoms with Crippen molar-refractivity contribution in [3.8, 4) is 11.5 Å². The zero-order valence-corrected chi connectivity index (χ0v) is 17.9. The molecule has 1 aliphatic heterocycles. The first kappa shape index (κ1) is 20.9. The summed E-state index contributed by atoms with van der Waals surface area (Å²) in [5, 5.41) is 0. The van der Waals surface area contributed by atoms with Crippen molar-refractivity contribution in [3.05, 3.63) is 84.4 Å². The van der Waals surface area contributed by atoms with Crippen molar-refractivity contribution in [2.24, 2.45) is 0 Å². The second kappa shape index (κ2) is 10.1. The summed E-state index contributed by atoms with van der Waals surface area (Å²) >= 11 is 0. The van der Waals surface area contributed by atoms with Crippen molar-refractivity contribution in [1.82, 2.24) is 4.90 Å². The van der Waals surface area contributed by atoms with Crippen LogP contribution in [0.25, 0.3) is 0 Å². The Kier molecular flexibility index (Phi) is 6.85. The van der Waals surface area contributed by atoms with Crippen molar-refractivity contribution in [1.29, 1.82) is 0 Å². The van der Waals surface area contributed by atoms with Crippen LogP contribution in [-0.4, -0.2) is 44.2 Å². The molecule has 1 aliphatic rings. The van der Waals surface area contributed by atoms with E-state index in [-0.39, 0.29) is 5.91 Å². The Balaban J connectivity index is 1.53. The van der Waals surface area contributed by atoms with Gasteiger partial charge < -0.3 is 9.47 Å². The van der Waals surface area contributed by atoms with Gasteiger partial charge in [-0.1, -0.05) is 18.2 Å². The first-order chi connectivity index (χ1) is 15.2. The number of benzene rings is 3. The van der Waals surface area contributed by atoms with E-state index in [1.807, 2.05) is 78.9 Å². The molecule has 0 unspecified atom stereocenters. The number of methoxy groups -OCH3 is 1. The van der Waals surface area contributed by atoms with Crippen LogP contribution in [0.15, 0.2) is 78.9 Å². The second-order valence-corrected chi connectivity index (χ2v) is 7.60. The minimum atomic E-state index is -0.0894. The van der Waals surface area contributed by atoms with Gasteiger partial charge in [-0.25, -0.2) is 0 Å². The van der Waals surface area contributed by atoms with Crippen LogP contribution in [0.5, 0.6) is 11.5 Å². The molecule has 0 spiro atoms. The molecule has 160 valence electrons. The highest BCUT2D eigenvalue weighted by Crippen LogP contribution is 2.30. The van der Waals surface area contributed by atoms with Crippen LogP contribution in [0.4, 0.5) is 11.4 Å². The zero-order chi connectivity index (χ0) is 21.5. The van der Waals surface area contributed by atoms with E-state index in [2.05, 4.69) is 4.90 Å². The maximum atomic E-state index is 13.4. The first-order valence-corrected chi connectivity index (χ1v) is 10.7. The summed E-state index contributed by atoms with van der Waals surface area (Å²) in [4.78, 5) is 17.5. The van der Waals surface area contributed by atoms with Crippen molar-refractivity contribution in [2.45, 2.75) is 12.8 Å². The van der Waals surface area contributed by atoms with E-state index in [1.165, 1.54) is 25.9 Å². The number of hydrogen-bond acceptors (Lipinski definition) is 4. The summed E-state index contributed by atoms with van der Waals surface area (Å²) < 4.78 is 11.2. The SMILES string of the molecule is COc1ccc(N(C(=O)c2ccccc2)c2ccc(OCCN3CCCC3)cc2)cc1. The molecule has 5 heteroatoms. The fraction of sp³-hybridized carbons (Fsp3) is 0.269. The smallest absolute Gasteiger partial charge is 0.262 e. The fourth-order valence-electron chi connectivity index (χ4n) is 3.81. The van der Waals surface area contributed by atoms with E-state index in [4.69, 9.17) is 9.47 Å². The second-order valence-electron chi connectivity index (χ2n) is 7.60. The number of ether oxygens (including phenoxy) is 2. The topological polar surface area (TPSA) is 42.0 Å². The Bertz CT molecular complexity index is 966. The number of carbonyl (C=O) groups is 1. The van der Waals surface area contributed by atoms with Crippen LogP contribution in [0, 0.1) is 0 Å². The third-order valence-corrected chi connectivity index (χ3v) is 5.52. The minimum Gasteiger partial charge on any atom is -0.497 e. The van der Waals surface area contributed by atoms with Gasteiger partial charge in [0.05, 0.1) is 7.11 Å². The van der Waals surface area contributed by atoms with Crippen molar-refractivity contribution in [2.75, 3.05) is 38.3 Å². The van der Waals surface area contributed by atoms with Crippen LogP contribution in [0.3, 0.4) is 0 Å². The van der Waals surface area contributed by atoms with Crippen LogP contribution >= 0.6 is 0 Å². The average Bonchev–Trinajstić information content (AvgIpc) is 3.35. The van der Waals surface area contributed by atoms with Crippen LogP contribution in [0.1, 0.15) is 23.2 Å². The van der Waals surface area contributed by atoms with Crippen molar-refractivity contribution < 1.29 is 14.3 Å². The van der Waals surface area contributed by atoms with Gasteiger partial charge in [0.1, 0.15) is 18.1 Å². The highest BCUT2D eigenvalue weighted by Gasteiger charge is 2.20. The molecular formula is C26H28N2O3. The van der Waals surface area contributed by atoms with E-state index in [9.17, 15) is 4.79 Å². The van der Waals surface area contributed by atoms with Crippen molar-refractivity contribution >= 4 is 17.3 Å². The maximum absolute atomic E-state index is 13.4. The van der Waals surface area contributed by atoms with Gasteiger partial charge >= 0.3 is 0 Å². The van der Waals surface area contributed by atoms with E-state index in [1.54, 1.807) is 12.0 Å². The lowest BCUT2D eigenvalue weighted by Gasteiger charge is -2.24. The summed E-state index contributed by atoms with van der Waals surface area (Å²) in [5.74, 6) is 1.47. The lowest BCUT2D eigenvalue weighted by atomic mass is 10.1. The summed E-state index contributed by atoms with van der Waals surface area (Å²) in [5.41, 5.74) is 2.19. The Labute approximate surface area is 183 Å². The number of amides is 1. The molecule has 1 saturated heterocycles. The number of likely N-dealkylation sites (tertiary alicyclic amines) is 1. The Morgan fingerprint density at radius 2 is 1.42 bits per heavy atom. The molecule has 3 aromatic rings. The molecule has 1 heterocycles. The molecule has 1 fully saturated rings. The molecule has 0 aliphatic carbocycles. The van der Waals surface area contributed by atoms with Crippen molar-refractivity contribution in [3.63, 3.8) is 0 Å². The standard InChI is InChI=1S/C26H28N2O3/c1-30-24-13-9-22(10-14-24)28(26(29)21-7-3-2-4-8-21)23-11-15-25(16-12-23)31-20-19-27-17-5-6-18-27/h2-4,7-16H,5-6,17-20H2,1H3. The number of rotatable bonds is 8. The predicted octanol–water partition coefficient (Wildman–Crippen LogP) is 5.15. The van der Waals surface area contributed by atoms with Gasteiger partial charge in [-0.2, -0.15) is 0 Å². The predicted molar refractivity (Wildman–Crippen MR) is 124 cm³/mol. The summed E-state index contributed by atoms with van der Waals surface area (Å²) in [6, 6.07) is 24.5. The lowest BCUT2D eigenvalue weighted by Crippen LogP contribution is -2.26. The molecule has 0 bridgehead atoms. The summed E-state index contributed by atoms with van der Waals surface area (Å²) in [6.07, 6.45) is 2.57. The highest BCUT2D eigenvalue weighted by atomic mass is 16.5. The molecule has 31 heavy (non-hydrogen) atoms. The molecule has 0 saturated carbocycles. The molecule has 0 N–H and O–H groups in total. The number of carbonyl (C=O) groups excluding carboxylic acids is 1. The van der Waals surface area contributed by atoms with Gasteiger partial charge in [-0.05, 0) is 86.6 Å². The van der Waals surface area contributed by atoms with Gasteiger partial charge in [-0.15, -0.1) is 0 Å². The maximum Gasteiger partial charge on any atom is 0.262 e. The molecule has 1 amide bonds. The highest BCUT2D eigenvalue weighted by molar-refractivity contribution is 6.10. The van der Waals surface area contributed by atoms with Gasteiger partial charge in [0.25, 0.3) is 5.91 Å². The van der Waals surface area contributed by atoms with E-state index in [0.29, 0.717) is 12.2 Å². The number of anilines is 2. The minimum absolute atomic E-state index is 0.0894. The van der Waals surface area contributed by atoms with Gasteiger partial charge in [0.2, 0.25) is 0 Å². The molecule has 0 radical (unpaired) electrons. The van der Waals surface area contributed by atoms with Crippen LogP contribution in [0.2, 0.25) is 0 Å². The molecule has 3 aromatic carbocycles. The Hall–Kier alpha value is -3.31. The van der Waals surface area contributed by atoms with Gasteiger partial charge in [-0.3, -0.25) is 14.6 Å². The Morgan fingerprint density at radius 1 is 0.839 bits per heavy atom. The third-order valence-electron chi connectivity index (χ3n) is 5.52. The van der Waals surface area contributed by atoms with E-state index >= 15 is 0 Å². The molecule has 0 aromatic heterocycles. The normalized spacial score (nSPS) is 13.7. The summed E-state index contributed by atoms with van der Waals surface area (Å²) in [6.45, 7) is 3.96. The van der Waals surface area contributed by atoms with Gasteiger partial charge in [0.15, 0.2) is 0 Å². The zero-order valence-electron chi connectivity index (χ0n) is 17.9. The van der Waals surface area contributed by atoms with Crippen LogP contribution in [-0.2, 0) is 0 Å².